The van der Waals surface area contributed by atoms with E-state index in [9.17, 15) is 4.79 Å². The maximum Gasteiger partial charge on any atom is 0.253 e. The molecule has 0 bridgehead atoms. The number of ether oxygens (including phenoxy) is 2. The van der Waals surface area contributed by atoms with Gasteiger partial charge in [0.15, 0.2) is 16.6 Å². The van der Waals surface area contributed by atoms with Crippen molar-refractivity contribution in [3.8, 4) is 11.5 Å². The van der Waals surface area contributed by atoms with Gasteiger partial charge in [-0.2, -0.15) is 0 Å². The van der Waals surface area contributed by atoms with E-state index in [0.29, 0.717) is 36.1 Å². The van der Waals surface area contributed by atoms with E-state index in [0.717, 1.165) is 33.5 Å². The van der Waals surface area contributed by atoms with Gasteiger partial charge in [0, 0.05) is 17.6 Å². The van der Waals surface area contributed by atoms with Crippen LogP contribution < -0.4 is 20.3 Å². The molecule has 0 fully saturated rings. The first-order chi connectivity index (χ1) is 16.0. The largest absolute Gasteiger partial charge is 0.467 e. The van der Waals surface area contributed by atoms with Crippen LogP contribution in [0.1, 0.15) is 22.5 Å². The van der Waals surface area contributed by atoms with Crippen LogP contribution in [0.4, 0.5) is 0 Å². The lowest BCUT2D eigenvalue weighted by atomic mass is 10.1. The maximum absolute atomic E-state index is 12.8. The summed E-state index contributed by atoms with van der Waals surface area (Å²) in [6.07, 6.45) is 1.63. The standard InChI is InChI=1S/C25H23N3O4S/c1-16-4-6-21-18(9-16)11-19(24(29)27-21)14-28(25(33)26-12-20-3-2-8-30-20)13-17-5-7-22-23(10-17)32-15-31-22/h2-11H,12-15H2,1H3,(H,26,33)(H,27,29). The van der Waals surface area contributed by atoms with Gasteiger partial charge in [0.05, 0.1) is 19.4 Å². The highest BCUT2D eigenvalue weighted by molar-refractivity contribution is 7.80. The molecule has 4 aromatic rings. The van der Waals surface area contributed by atoms with Gasteiger partial charge in [-0.15, -0.1) is 0 Å². The van der Waals surface area contributed by atoms with Crippen LogP contribution in [-0.2, 0) is 19.6 Å². The van der Waals surface area contributed by atoms with Crippen LogP contribution in [0.2, 0.25) is 0 Å². The van der Waals surface area contributed by atoms with Crippen LogP contribution in [0.25, 0.3) is 10.9 Å². The van der Waals surface area contributed by atoms with Crippen LogP contribution >= 0.6 is 12.2 Å². The zero-order valence-corrected chi connectivity index (χ0v) is 18.9. The minimum Gasteiger partial charge on any atom is -0.467 e. The Bertz CT molecular complexity index is 1360. The number of aromatic amines is 1. The second-order valence-electron chi connectivity index (χ2n) is 8.00. The minimum absolute atomic E-state index is 0.129. The fraction of sp³-hybridized carbons (Fsp3) is 0.200. The van der Waals surface area contributed by atoms with Crippen LogP contribution in [0, 0.1) is 6.92 Å². The Hall–Kier alpha value is -3.78. The molecule has 1 aliphatic rings. The summed E-state index contributed by atoms with van der Waals surface area (Å²) in [5, 5.41) is 4.75. The normalized spacial score (nSPS) is 12.2. The smallest absolute Gasteiger partial charge is 0.253 e. The van der Waals surface area contributed by atoms with Crippen LogP contribution in [-0.4, -0.2) is 21.8 Å². The van der Waals surface area contributed by atoms with Crippen LogP contribution in [0.15, 0.2) is 70.1 Å². The number of aryl methyl sites for hydroxylation is 1. The molecule has 2 aromatic heterocycles. The number of rotatable bonds is 6. The number of furan rings is 1. The molecular weight excluding hydrogens is 438 g/mol. The average Bonchev–Trinajstić information content (AvgIpc) is 3.49. The van der Waals surface area contributed by atoms with E-state index < -0.39 is 0 Å². The van der Waals surface area contributed by atoms with Crippen molar-refractivity contribution in [2.24, 2.45) is 0 Å². The number of nitrogens with zero attached hydrogens (tertiary/aromatic N) is 1. The molecule has 5 rings (SSSR count). The Balaban J connectivity index is 1.42. The lowest BCUT2D eigenvalue weighted by Crippen LogP contribution is -2.39. The summed E-state index contributed by atoms with van der Waals surface area (Å²) in [5.41, 5.74) is 3.45. The van der Waals surface area contributed by atoms with Gasteiger partial charge in [0.25, 0.3) is 5.56 Å². The van der Waals surface area contributed by atoms with E-state index in [-0.39, 0.29) is 12.4 Å². The molecule has 168 valence electrons. The molecule has 0 spiro atoms. The first kappa shape index (κ1) is 21.1. The van der Waals surface area contributed by atoms with Crippen molar-refractivity contribution in [3.63, 3.8) is 0 Å². The topological polar surface area (TPSA) is 79.7 Å². The molecule has 0 atom stereocenters. The maximum atomic E-state index is 12.8. The molecule has 3 heterocycles. The Kier molecular flexibility index (Phi) is 5.75. The highest BCUT2D eigenvalue weighted by Crippen LogP contribution is 2.33. The quantitative estimate of drug-likeness (QED) is 0.416. The molecule has 0 unspecified atom stereocenters. The monoisotopic (exact) mass is 461 g/mol. The van der Waals surface area contributed by atoms with Gasteiger partial charge in [-0.3, -0.25) is 4.79 Å². The van der Waals surface area contributed by atoms with Crippen molar-refractivity contribution in [1.29, 1.82) is 0 Å². The molecule has 2 N–H and O–H groups in total. The molecule has 0 radical (unpaired) electrons. The van der Waals surface area contributed by atoms with Crippen molar-refractivity contribution in [3.05, 3.63) is 93.7 Å². The molecule has 0 aliphatic carbocycles. The molecule has 0 amide bonds. The summed E-state index contributed by atoms with van der Waals surface area (Å²) in [4.78, 5) is 17.8. The summed E-state index contributed by atoms with van der Waals surface area (Å²) >= 11 is 5.71. The number of benzene rings is 2. The number of hydrogen-bond acceptors (Lipinski definition) is 5. The third kappa shape index (κ3) is 4.70. The van der Waals surface area contributed by atoms with Gasteiger partial charge in [0.1, 0.15) is 5.76 Å². The van der Waals surface area contributed by atoms with Crippen LogP contribution in [0.5, 0.6) is 11.5 Å². The van der Waals surface area contributed by atoms with E-state index in [4.69, 9.17) is 26.1 Å². The van der Waals surface area contributed by atoms with Gasteiger partial charge in [-0.05, 0) is 72.6 Å². The van der Waals surface area contributed by atoms with Gasteiger partial charge in [-0.25, -0.2) is 0 Å². The van der Waals surface area contributed by atoms with Crippen molar-refractivity contribution in [1.82, 2.24) is 15.2 Å². The summed E-state index contributed by atoms with van der Waals surface area (Å²) in [5.74, 6) is 2.21. The van der Waals surface area contributed by atoms with Gasteiger partial charge < -0.3 is 29.1 Å². The average molecular weight is 462 g/mol. The molecule has 33 heavy (non-hydrogen) atoms. The molecular formula is C25H23N3O4S. The number of fused-ring (bicyclic) bond motifs is 2. The van der Waals surface area contributed by atoms with Crippen molar-refractivity contribution < 1.29 is 13.9 Å². The van der Waals surface area contributed by atoms with Crippen molar-refractivity contribution in [2.45, 2.75) is 26.6 Å². The zero-order chi connectivity index (χ0) is 22.8. The first-order valence-corrected chi connectivity index (χ1v) is 11.0. The van der Waals surface area contributed by atoms with E-state index in [2.05, 4.69) is 16.4 Å². The second-order valence-corrected chi connectivity index (χ2v) is 8.38. The number of thiocarbonyl (C=S) groups is 1. The Labute approximate surface area is 195 Å². The summed E-state index contributed by atoms with van der Waals surface area (Å²) < 4.78 is 16.3. The fourth-order valence-corrected chi connectivity index (χ4v) is 4.04. The lowest BCUT2D eigenvalue weighted by molar-refractivity contribution is 0.174. The van der Waals surface area contributed by atoms with E-state index >= 15 is 0 Å². The summed E-state index contributed by atoms with van der Waals surface area (Å²) in [6, 6.07) is 17.4. The zero-order valence-electron chi connectivity index (χ0n) is 18.1. The van der Waals surface area contributed by atoms with Crippen molar-refractivity contribution in [2.75, 3.05) is 6.79 Å². The van der Waals surface area contributed by atoms with Gasteiger partial charge in [0.2, 0.25) is 6.79 Å². The number of aromatic nitrogens is 1. The molecule has 2 aromatic carbocycles. The Morgan fingerprint density at radius 2 is 1.97 bits per heavy atom. The highest BCUT2D eigenvalue weighted by Gasteiger charge is 2.18. The number of hydrogen-bond donors (Lipinski definition) is 2. The first-order valence-electron chi connectivity index (χ1n) is 10.6. The number of nitrogens with one attached hydrogen (secondary N) is 2. The molecule has 8 heteroatoms. The lowest BCUT2D eigenvalue weighted by Gasteiger charge is -2.26. The molecule has 0 saturated heterocycles. The third-order valence-electron chi connectivity index (χ3n) is 5.53. The number of pyridine rings is 1. The van der Waals surface area contributed by atoms with E-state index in [1.165, 1.54) is 0 Å². The van der Waals surface area contributed by atoms with E-state index in [1.54, 1.807) is 6.26 Å². The molecule has 7 nitrogen and oxygen atoms in total. The molecule has 0 saturated carbocycles. The highest BCUT2D eigenvalue weighted by atomic mass is 32.1. The van der Waals surface area contributed by atoms with Gasteiger partial charge >= 0.3 is 0 Å². The predicted octanol–water partition coefficient (Wildman–Crippen LogP) is 4.24. The SMILES string of the molecule is Cc1ccc2[nH]c(=O)c(CN(Cc3ccc4c(c3)OCO4)C(=S)NCc3ccco3)cc2c1. The summed E-state index contributed by atoms with van der Waals surface area (Å²) in [6.45, 7) is 3.54. The van der Waals surface area contributed by atoms with Crippen molar-refractivity contribution >= 4 is 28.2 Å². The number of H-pyrrole nitrogens is 1. The fourth-order valence-electron chi connectivity index (χ4n) is 3.84. The Morgan fingerprint density at radius 3 is 2.82 bits per heavy atom. The van der Waals surface area contributed by atoms with Gasteiger partial charge in [-0.1, -0.05) is 17.7 Å². The predicted molar refractivity (Wildman–Crippen MR) is 129 cm³/mol. The molecule has 1 aliphatic heterocycles. The second kappa shape index (κ2) is 8.99. The van der Waals surface area contributed by atoms with E-state index in [1.807, 2.05) is 60.4 Å². The summed E-state index contributed by atoms with van der Waals surface area (Å²) in [7, 11) is 0. The van der Waals surface area contributed by atoms with Crippen LogP contribution in [0.3, 0.4) is 0 Å². The Morgan fingerprint density at radius 1 is 1.09 bits per heavy atom. The minimum atomic E-state index is -0.129. The third-order valence-corrected chi connectivity index (χ3v) is 5.93.